The first-order valence-corrected chi connectivity index (χ1v) is 9.01. The lowest BCUT2D eigenvalue weighted by molar-refractivity contribution is 0.251. The molecule has 0 aliphatic heterocycles. The van der Waals surface area contributed by atoms with Gasteiger partial charge in [-0.15, -0.1) is 0 Å². The summed E-state index contributed by atoms with van der Waals surface area (Å²) < 4.78 is 0. The molecular formula is C21H25N7O. The average Bonchev–Trinajstić information content (AvgIpc) is 2.75. The summed E-state index contributed by atoms with van der Waals surface area (Å²) >= 11 is 0. The van der Waals surface area contributed by atoms with Crippen molar-refractivity contribution in [2.45, 2.75) is 13.5 Å². The highest BCUT2D eigenvalue weighted by Gasteiger charge is 2.07. The summed E-state index contributed by atoms with van der Waals surface area (Å²) in [4.78, 5) is 20.5. The quantitative estimate of drug-likeness (QED) is 0.411. The zero-order chi connectivity index (χ0) is 21.1. The number of benzene rings is 1. The molecule has 0 radical (unpaired) electrons. The average molecular weight is 391 g/mol. The Morgan fingerprint density at radius 2 is 1.90 bits per heavy atom. The Hall–Kier alpha value is -3.78. The number of nitrogens with two attached hydrogens (primary N) is 1. The van der Waals surface area contributed by atoms with Crippen LogP contribution in [0.2, 0.25) is 0 Å². The number of aromatic nitrogens is 2. The molecule has 150 valence electrons. The number of hydrogen-bond acceptors (Lipinski definition) is 6. The molecule has 8 nitrogen and oxygen atoms in total. The highest BCUT2D eigenvalue weighted by Crippen LogP contribution is 2.21. The predicted octanol–water partition coefficient (Wildman–Crippen LogP) is 3.42. The molecule has 3 aromatic rings. The number of nitrogens with zero attached hydrogens (tertiary/aromatic N) is 2. The van der Waals surface area contributed by atoms with E-state index in [-0.39, 0.29) is 6.03 Å². The Bertz CT molecular complexity index is 945. The summed E-state index contributed by atoms with van der Waals surface area (Å²) in [7, 11) is 1.50. The van der Waals surface area contributed by atoms with Crippen molar-refractivity contribution in [1.82, 2.24) is 15.3 Å². The van der Waals surface area contributed by atoms with Gasteiger partial charge in [0, 0.05) is 35.9 Å². The molecule has 2 heterocycles. The number of hydrogen-bond donors (Lipinski definition) is 5. The smallest absolute Gasteiger partial charge is 0.320 e. The molecule has 0 saturated carbocycles. The standard InChI is InChI=1S/C20H20N6O.CH5N/c1-14-9-17(7-8-22-14)25-18-13-23-19(10-16(18)11-21)26-20(27)24-12-15-5-3-2-4-6-15;1-2/h2-11,13,21H,12H2,1H3,(H,22,25)(H2,23,24,26,27);2H2,1H3. The Balaban J connectivity index is 0.00000145. The molecule has 2 amide bonds. The van der Waals surface area contributed by atoms with Gasteiger partial charge in [0.1, 0.15) is 5.82 Å². The van der Waals surface area contributed by atoms with E-state index in [1.807, 2.05) is 49.4 Å². The zero-order valence-electron chi connectivity index (χ0n) is 16.4. The fraction of sp³-hybridized carbons (Fsp3) is 0.143. The first-order chi connectivity index (χ1) is 14.1. The van der Waals surface area contributed by atoms with Crippen LogP contribution in [-0.2, 0) is 6.54 Å². The van der Waals surface area contributed by atoms with E-state index in [4.69, 9.17) is 5.41 Å². The van der Waals surface area contributed by atoms with Gasteiger partial charge in [-0.1, -0.05) is 30.3 Å². The summed E-state index contributed by atoms with van der Waals surface area (Å²) in [6, 6.07) is 14.7. The number of carbonyl (C=O) groups excluding carboxylic acids is 1. The summed E-state index contributed by atoms with van der Waals surface area (Å²) in [5.74, 6) is 0.371. The largest absolute Gasteiger partial charge is 0.354 e. The third-order valence-electron chi connectivity index (χ3n) is 3.80. The SMILES string of the molecule is CN.Cc1cc(Nc2cnc(NC(=O)NCc3ccccc3)cc2C=N)ccn1. The summed E-state index contributed by atoms with van der Waals surface area (Å²) in [6.45, 7) is 2.33. The monoisotopic (exact) mass is 391 g/mol. The van der Waals surface area contributed by atoms with Gasteiger partial charge in [-0.05, 0) is 37.7 Å². The minimum Gasteiger partial charge on any atom is -0.354 e. The number of pyridine rings is 2. The second kappa shape index (κ2) is 11.2. The first kappa shape index (κ1) is 21.5. The Morgan fingerprint density at radius 1 is 1.14 bits per heavy atom. The topological polar surface area (TPSA) is 129 Å². The van der Waals surface area contributed by atoms with Crippen molar-refractivity contribution in [3.63, 3.8) is 0 Å². The van der Waals surface area contributed by atoms with Crippen LogP contribution < -0.4 is 21.7 Å². The lowest BCUT2D eigenvalue weighted by Crippen LogP contribution is -2.28. The van der Waals surface area contributed by atoms with E-state index in [9.17, 15) is 4.79 Å². The van der Waals surface area contributed by atoms with E-state index in [0.717, 1.165) is 16.9 Å². The summed E-state index contributed by atoms with van der Waals surface area (Å²) in [6.07, 6.45) is 4.51. The van der Waals surface area contributed by atoms with Gasteiger partial charge in [-0.2, -0.15) is 0 Å². The van der Waals surface area contributed by atoms with Gasteiger partial charge in [-0.25, -0.2) is 9.78 Å². The van der Waals surface area contributed by atoms with Crippen LogP contribution in [0.5, 0.6) is 0 Å². The molecule has 0 atom stereocenters. The Labute approximate surface area is 170 Å². The molecular weight excluding hydrogens is 366 g/mol. The molecule has 29 heavy (non-hydrogen) atoms. The molecule has 0 bridgehead atoms. The fourth-order valence-corrected chi connectivity index (χ4v) is 2.48. The van der Waals surface area contributed by atoms with Crippen LogP contribution in [-0.4, -0.2) is 29.3 Å². The first-order valence-electron chi connectivity index (χ1n) is 9.01. The van der Waals surface area contributed by atoms with Crippen molar-refractivity contribution in [2.24, 2.45) is 5.73 Å². The van der Waals surface area contributed by atoms with E-state index in [1.165, 1.54) is 13.3 Å². The molecule has 0 aliphatic carbocycles. The molecule has 0 aliphatic rings. The highest BCUT2D eigenvalue weighted by atomic mass is 16.2. The second-order valence-electron chi connectivity index (χ2n) is 5.91. The molecule has 2 aromatic heterocycles. The maximum atomic E-state index is 12.1. The molecule has 6 N–H and O–H groups in total. The Kier molecular flexibility index (Phi) is 8.28. The van der Waals surface area contributed by atoms with E-state index in [1.54, 1.807) is 18.5 Å². The minimum absolute atomic E-state index is 0.354. The van der Waals surface area contributed by atoms with E-state index < -0.39 is 0 Å². The Morgan fingerprint density at radius 3 is 2.59 bits per heavy atom. The van der Waals surface area contributed by atoms with Crippen molar-refractivity contribution >= 4 is 29.4 Å². The van der Waals surface area contributed by atoms with Crippen LogP contribution in [0.3, 0.4) is 0 Å². The third kappa shape index (κ3) is 6.71. The van der Waals surface area contributed by atoms with Crippen LogP contribution in [0.1, 0.15) is 16.8 Å². The van der Waals surface area contributed by atoms with Gasteiger partial charge in [0.25, 0.3) is 0 Å². The minimum atomic E-state index is -0.354. The van der Waals surface area contributed by atoms with Gasteiger partial charge < -0.3 is 21.8 Å². The van der Waals surface area contributed by atoms with Gasteiger partial charge in [0.05, 0.1) is 11.9 Å². The van der Waals surface area contributed by atoms with Crippen molar-refractivity contribution in [1.29, 1.82) is 5.41 Å². The van der Waals surface area contributed by atoms with Crippen LogP contribution in [0.15, 0.2) is 60.9 Å². The number of aryl methyl sites for hydroxylation is 1. The van der Waals surface area contributed by atoms with Gasteiger partial charge >= 0.3 is 6.03 Å². The van der Waals surface area contributed by atoms with E-state index in [2.05, 4.69) is 31.7 Å². The molecule has 8 heteroatoms. The molecule has 0 saturated heterocycles. The third-order valence-corrected chi connectivity index (χ3v) is 3.80. The van der Waals surface area contributed by atoms with Crippen molar-refractivity contribution in [3.05, 3.63) is 77.7 Å². The van der Waals surface area contributed by atoms with Crippen LogP contribution in [0.25, 0.3) is 0 Å². The maximum absolute atomic E-state index is 12.1. The number of rotatable bonds is 6. The predicted molar refractivity (Wildman–Crippen MR) is 117 cm³/mol. The highest BCUT2D eigenvalue weighted by molar-refractivity contribution is 5.92. The van der Waals surface area contributed by atoms with E-state index >= 15 is 0 Å². The maximum Gasteiger partial charge on any atom is 0.320 e. The van der Waals surface area contributed by atoms with Crippen molar-refractivity contribution in [2.75, 3.05) is 17.7 Å². The number of urea groups is 1. The molecule has 3 rings (SSSR count). The summed E-state index contributed by atoms with van der Waals surface area (Å²) in [5, 5.41) is 16.3. The normalized spacial score (nSPS) is 9.62. The number of amides is 2. The van der Waals surface area contributed by atoms with E-state index in [0.29, 0.717) is 23.6 Å². The van der Waals surface area contributed by atoms with Crippen LogP contribution in [0.4, 0.5) is 22.0 Å². The number of anilines is 3. The van der Waals surface area contributed by atoms with Crippen LogP contribution >= 0.6 is 0 Å². The number of nitrogens with one attached hydrogen (secondary N) is 4. The molecule has 0 unspecified atom stereocenters. The zero-order valence-corrected chi connectivity index (χ0v) is 16.4. The summed E-state index contributed by atoms with van der Waals surface area (Å²) in [5.41, 5.74) is 8.53. The van der Waals surface area contributed by atoms with Gasteiger partial charge in [0.15, 0.2) is 0 Å². The van der Waals surface area contributed by atoms with Crippen molar-refractivity contribution < 1.29 is 4.79 Å². The van der Waals surface area contributed by atoms with Gasteiger partial charge in [0.2, 0.25) is 0 Å². The van der Waals surface area contributed by atoms with Gasteiger partial charge in [-0.3, -0.25) is 10.3 Å². The lowest BCUT2D eigenvalue weighted by Gasteiger charge is -2.12. The molecule has 0 fully saturated rings. The fourth-order valence-electron chi connectivity index (χ4n) is 2.48. The lowest BCUT2D eigenvalue weighted by atomic mass is 10.2. The number of carbonyl (C=O) groups is 1. The van der Waals surface area contributed by atoms with Crippen LogP contribution in [0, 0.1) is 12.3 Å². The van der Waals surface area contributed by atoms with Crippen molar-refractivity contribution in [3.8, 4) is 0 Å². The molecule has 1 aromatic carbocycles. The second-order valence-corrected chi connectivity index (χ2v) is 5.91. The molecule has 0 spiro atoms.